The van der Waals surface area contributed by atoms with Crippen LogP contribution < -0.4 is 5.56 Å². The van der Waals surface area contributed by atoms with E-state index in [0.717, 1.165) is 5.69 Å². The van der Waals surface area contributed by atoms with E-state index in [2.05, 4.69) is 5.10 Å². The summed E-state index contributed by atoms with van der Waals surface area (Å²) >= 11 is 0. The van der Waals surface area contributed by atoms with Crippen LogP contribution in [0, 0.1) is 6.92 Å². The molecular weight excluding hydrogens is 472 g/mol. The molecule has 3 aromatic heterocycles. The molecule has 10 heteroatoms. The Morgan fingerprint density at radius 2 is 1.70 bits per heavy atom. The number of benzene rings is 1. The van der Waals surface area contributed by atoms with Crippen molar-refractivity contribution in [2.24, 2.45) is 0 Å². The topological polar surface area (TPSA) is 96.4 Å². The zero-order chi connectivity index (χ0) is 25.4. The number of aromatic nitrogens is 5. The van der Waals surface area contributed by atoms with Gasteiger partial charge >= 0.3 is 0 Å². The molecule has 6 rings (SSSR count). The highest BCUT2D eigenvalue weighted by Crippen LogP contribution is 2.31. The molecule has 192 valence electrons. The summed E-state index contributed by atoms with van der Waals surface area (Å²) in [6.07, 6.45) is 6.08. The number of fused-ring (bicyclic) bond motifs is 1. The van der Waals surface area contributed by atoms with E-state index in [0.29, 0.717) is 80.9 Å². The number of hydrogen-bond acceptors (Lipinski definition) is 6. The molecule has 5 heterocycles. The van der Waals surface area contributed by atoms with Gasteiger partial charge in [0.2, 0.25) is 5.91 Å². The molecule has 0 bridgehead atoms. The Labute approximate surface area is 214 Å². The number of piperidine rings is 1. The van der Waals surface area contributed by atoms with Crippen LogP contribution in [0.2, 0.25) is 0 Å². The molecule has 37 heavy (non-hydrogen) atoms. The molecule has 2 saturated heterocycles. The molecule has 10 nitrogen and oxygen atoms in total. The van der Waals surface area contributed by atoms with Crippen molar-refractivity contribution in [3.8, 4) is 11.5 Å². The van der Waals surface area contributed by atoms with Crippen LogP contribution in [-0.2, 0) is 20.8 Å². The third-order valence-corrected chi connectivity index (χ3v) is 7.22. The van der Waals surface area contributed by atoms with Crippen molar-refractivity contribution in [3.63, 3.8) is 0 Å². The lowest BCUT2D eigenvalue weighted by Crippen LogP contribution is -2.47. The summed E-state index contributed by atoms with van der Waals surface area (Å²) in [4.78, 5) is 28.4. The largest absolute Gasteiger partial charge is 0.347 e. The maximum atomic E-state index is 13.7. The Morgan fingerprint density at radius 3 is 2.41 bits per heavy atom. The van der Waals surface area contributed by atoms with Gasteiger partial charge in [-0.1, -0.05) is 18.2 Å². The van der Waals surface area contributed by atoms with Crippen LogP contribution in [0.4, 0.5) is 0 Å². The number of carbonyl (C=O) groups is 1. The normalized spacial score (nSPS) is 17.2. The van der Waals surface area contributed by atoms with Gasteiger partial charge in [-0.15, -0.1) is 0 Å². The number of para-hydroxylation sites is 1. The van der Waals surface area contributed by atoms with Crippen LogP contribution in [-0.4, -0.2) is 67.0 Å². The van der Waals surface area contributed by atoms with Crippen LogP contribution in [0.3, 0.4) is 0 Å². The molecule has 0 atom stereocenters. The lowest BCUT2D eigenvalue weighted by atomic mass is 10.0. The third kappa shape index (κ3) is 4.36. The van der Waals surface area contributed by atoms with Crippen molar-refractivity contribution in [1.29, 1.82) is 0 Å². The zero-order valence-corrected chi connectivity index (χ0v) is 20.9. The van der Waals surface area contributed by atoms with Gasteiger partial charge in [0.15, 0.2) is 11.6 Å². The van der Waals surface area contributed by atoms with Gasteiger partial charge in [-0.25, -0.2) is 9.36 Å². The van der Waals surface area contributed by atoms with Gasteiger partial charge in [-0.2, -0.15) is 10.2 Å². The van der Waals surface area contributed by atoms with E-state index in [1.165, 1.54) is 4.68 Å². The molecule has 1 aromatic carbocycles. The van der Waals surface area contributed by atoms with Gasteiger partial charge < -0.3 is 18.9 Å². The molecular formula is C27H30N6O4. The van der Waals surface area contributed by atoms with E-state index in [1.54, 1.807) is 4.68 Å². The second kappa shape index (κ2) is 9.60. The minimum atomic E-state index is -0.497. The monoisotopic (exact) mass is 502 g/mol. The first kappa shape index (κ1) is 23.6. The smallest absolute Gasteiger partial charge is 0.280 e. The Morgan fingerprint density at radius 1 is 1.00 bits per heavy atom. The quantitative estimate of drug-likeness (QED) is 0.402. The van der Waals surface area contributed by atoms with E-state index in [4.69, 9.17) is 14.6 Å². The Balaban J connectivity index is 1.23. The van der Waals surface area contributed by atoms with Crippen molar-refractivity contribution in [2.45, 2.75) is 44.9 Å². The Bertz CT molecular complexity index is 1460. The number of carbonyl (C=O) groups excluding carboxylic acids is 1. The average Bonchev–Trinajstić information content (AvgIpc) is 3.68. The van der Waals surface area contributed by atoms with Gasteiger partial charge in [0.25, 0.3) is 5.56 Å². The van der Waals surface area contributed by atoms with Crippen molar-refractivity contribution >= 4 is 16.8 Å². The number of nitrogens with zero attached hydrogens (tertiary/aromatic N) is 6. The highest BCUT2D eigenvalue weighted by atomic mass is 16.7. The van der Waals surface area contributed by atoms with Crippen LogP contribution in [0.1, 0.15) is 31.4 Å². The molecule has 0 aliphatic carbocycles. The first-order chi connectivity index (χ1) is 18.0. The van der Waals surface area contributed by atoms with Crippen molar-refractivity contribution in [2.75, 3.05) is 26.3 Å². The van der Waals surface area contributed by atoms with Gasteiger partial charge in [-0.3, -0.25) is 9.59 Å². The molecule has 0 unspecified atom stereocenters. The van der Waals surface area contributed by atoms with Gasteiger partial charge in [-0.05, 0) is 37.6 Å². The highest BCUT2D eigenvalue weighted by Gasteiger charge is 2.40. The summed E-state index contributed by atoms with van der Waals surface area (Å²) in [5.74, 6) is 0.261. The number of aryl methyl sites for hydroxylation is 2. The van der Waals surface area contributed by atoms with Crippen molar-refractivity contribution < 1.29 is 14.3 Å². The molecule has 1 spiro atoms. The maximum absolute atomic E-state index is 13.7. The lowest BCUT2D eigenvalue weighted by Gasteiger charge is -2.37. The van der Waals surface area contributed by atoms with Gasteiger partial charge in [0.05, 0.1) is 24.6 Å². The molecule has 0 saturated carbocycles. The zero-order valence-electron chi connectivity index (χ0n) is 20.9. The number of ether oxygens (including phenoxy) is 2. The van der Waals surface area contributed by atoms with Crippen LogP contribution in [0.5, 0.6) is 0 Å². The fraction of sp³-hybridized carbons (Fsp3) is 0.407. The summed E-state index contributed by atoms with van der Waals surface area (Å²) < 4.78 is 16.7. The Kier molecular flexibility index (Phi) is 6.13. The summed E-state index contributed by atoms with van der Waals surface area (Å²) in [6.45, 7) is 4.71. The molecule has 2 fully saturated rings. The first-order valence-corrected chi connectivity index (χ1v) is 12.8. The first-order valence-electron chi connectivity index (χ1n) is 12.8. The molecule has 2 aliphatic rings. The van der Waals surface area contributed by atoms with E-state index in [9.17, 15) is 9.59 Å². The summed E-state index contributed by atoms with van der Waals surface area (Å²) in [5.41, 5.74) is 1.88. The molecule has 2 aliphatic heterocycles. The van der Waals surface area contributed by atoms with Crippen LogP contribution in [0.25, 0.3) is 22.4 Å². The predicted molar refractivity (Wildman–Crippen MR) is 137 cm³/mol. The van der Waals surface area contributed by atoms with Crippen LogP contribution >= 0.6 is 0 Å². The summed E-state index contributed by atoms with van der Waals surface area (Å²) in [7, 11) is 0. The maximum Gasteiger partial charge on any atom is 0.280 e. The average molecular weight is 503 g/mol. The second-order valence-corrected chi connectivity index (χ2v) is 9.59. The fourth-order valence-corrected chi connectivity index (χ4v) is 5.30. The number of amides is 1. The van der Waals surface area contributed by atoms with Gasteiger partial charge in [0.1, 0.15) is 10.9 Å². The van der Waals surface area contributed by atoms with Gasteiger partial charge in [0, 0.05) is 51.3 Å². The second-order valence-electron chi connectivity index (χ2n) is 9.59. The van der Waals surface area contributed by atoms with E-state index >= 15 is 0 Å². The summed E-state index contributed by atoms with van der Waals surface area (Å²) in [6, 6.07) is 13.6. The van der Waals surface area contributed by atoms with Crippen molar-refractivity contribution in [3.05, 3.63) is 70.9 Å². The molecule has 1 amide bonds. The standard InChI is InChI=1S/C27H30N6O4/c1-20-24-23(25(31-13-5-6-14-31)33(29-24)21-8-3-2-4-9-21)26(35)32(28-20)15-7-10-22(34)30-16-11-27(12-17-30)36-18-19-37-27/h2-6,8-9,13-14H,7,10-12,15-19H2,1H3. The third-order valence-electron chi connectivity index (χ3n) is 7.22. The fourth-order valence-electron chi connectivity index (χ4n) is 5.30. The summed E-state index contributed by atoms with van der Waals surface area (Å²) in [5, 5.41) is 9.84. The van der Waals surface area contributed by atoms with Crippen molar-refractivity contribution in [1.82, 2.24) is 29.0 Å². The highest BCUT2D eigenvalue weighted by molar-refractivity contribution is 5.87. The number of hydrogen-bond donors (Lipinski definition) is 0. The Hall–Kier alpha value is -3.76. The van der Waals surface area contributed by atoms with E-state index < -0.39 is 5.79 Å². The predicted octanol–water partition coefficient (Wildman–Crippen LogP) is 2.83. The minimum absolute atomic E-state index is 0.0867. The number of likely N-dealkylation sites (tertiary alicyclic amines) is 1. The van der Waals surface area contributed by atoms with E-state index in [-0.39, 0.29) is 11.5 Å². The molecule has 4 aromatic rings. The minimum Gasteiger partial charge on any atom is -0.347 e. The number of rotatable bonds is 6. The lowest BCUT2D eigenvalue weighted by molar-refractivity contribution is -0.187. The molecule has 0 radical (unpaired) electrons. The van der Waals surface area contributed by atoms with E-state index in [1.807, 2.05) is 71.2 Å². The SMILES string of the molecule is Cc1nn(CCCC(=O)N2CCC3(CC2)OCCO3)c(=O)c2c(-n3cccc3)n(-c3ccccc3)nc12. The molecule has 0 N–H and O–H groups in total. The van der Waals surface area contributed by atoms with Crippen LogP contribution in [0.15, 0.2) is 59.7 Å².